The third kappa shape index (κ3) is 1.89. The van der Waals surface area contributed by atoms with Crippen LogP contribution in [0.3, 0.4) is 0 Å². The summed E-state index contributed by atoms with van der Waals surface area (Å²) in [5, 5.41) is 4.13. The molecule has 0 saturated carbocycles. The van der Waals surface area contributed by atoms with Gasteiger partial charge in [-0.05, 0) is 12.1 Å². The van der Waals surface area contributed by atoms with Gasteiger partial charge in [0.1, 0.15) is 0 Å². The summed E-state index contributed by atoms with van der Waals surface area (Å²) in [7, 11) is 0. The van der Waals surface area contributed by atoms with Crippen LogP contribution >= 0.6 is 11.6 Å². The predicted octanol–water partition coefficient (Wildman–Crippen LogP) is 2.01. The maximum atomic E-state index is 12.0. The number of benzene rings is 1. The van der Waals surface area contributed by atoms with Gasteiger partial charge < -0.3 is 4.52 Å². The molecule has 1 aromatic heterocycles. The monoisotopic (exact) mass is 291 g/mol. The zero-order valence-corrected chi connectivity index (χ0v) is 11.3. The van der Waals surface area contributed by atoms with Crippen molar-refractivity contribution in [1.82, 2.24) is 10.1 Å². The fraction of sp³-hybridized carbons (Fsp3) is 0.231. The number of rotatable bonds is 3. The normalized spacial score (nSPS) is 14.0. The van der Waals surface area contributed by atoms with E-state index >= 15 is 0 Å². The number of hydrogen-bond acceptors (Lipinski definition) is 5. The number of aryl methyl sites for hydroxylation is 1. The van der Waals surface area contributed by atoms with Crippen LogP contribution in [0.5, 0.6) is 0 Å². The van der Waals surface area contributed by atoms with Gasteiger partial charge in [0.05, 0.1) is 22.8 Å². The highest BCUT2D eigenvalue weighted by Gasteiger charge is 2.37. The van der Waals surface area contributed by atoms with E-state index in [-0.39, 0.29) is 6.54 Å². The van der Waals surface area contributed by atoms with Crippen LogP contribution in [0.2, 0.25) is 5.02 Å². The molecule has 1 amide bonds. The molecule has 102 valence electrons. The summed E-state index contributed by atoms with van der Waals surface area (Å²) in [5.74, 6) is -0.370. The number of nitrogens with zero attached hydrogens (tertiary/aromatic N) is 3. The Morgan fingerprint density at radius 2 is 2.15 bits per heavy atom. The van der Waals surface area contributed by atoms with Gasteiger partial charge in [0.2, 0.25) is 5.89 Å². The number of ketones is 1. The molecule has 1 aromatic carbocycles. The van der Waals surface area contributed by atoms with Crippen LogP contribution < -0.4 is 4.90 Å². The molecule has 0 atom stereocenters. The summed E-state index contributed by atoms with van der Waals surface area (Å²) in [5.41, 5.74) is 0.716. The zero-order chi connectivity index (χ0) is 14.3. The standard InChI is InChI=1S/C13H10ClN3O3/c1-2-10-15-9(16-20-10)6-17-11-7(12(18)13(17)19)4-3-5-8(11)14/h3-5H,2,6H2,1H3. The number of para-hydroxylation sites is 1. The minimum absolute atomic E-state index is 0.0603. The van der Waals surface area contributed by atoms with Crippen molar-refractivity contribution in [3.05, 3.63) is 40.5 Å². The third-order valence-electron chi connectivity index (χ3n) is 3.05. The van der Waals surface area contributed by atoms with Crippen molar-refractivity contribution in [2.24, 2.45) is 0 Å². The van der Waals surface area contributed by atoms with Gasteiger partial charge >= 0.3 is 0 Å². The molecule has 0 saturated heterocycles. The molecule has 2 aromatic rings. The molecule has 3 rings (SSSR count). The number of Topliss-reactive ketones (excluding diaryl/α,β-unsaturated/α-hetero) is 1. The summed E-state index contributed by atoms with van der Waals surface area (Å²) in [4.78, 5) is 29.3. The molecule has 1 aliphatic heterocycles. The first-order valence-electron chi connectivity index (χ1n) is 6.08. The van der Waals surface area contributed by atoms with Crippen molar-refractivity contribution >= 4 is 29.0 Å². The molecule has 0 bridgehead atoms. The second-order valence-electron chi connectivity index (χ2n) is 4.31. The van der Waals surface area contributed by atoms with Gasteiger partial charge in [-0.15, -0.1) is 0 Å². The molecule has 0 fully saturated rings. The highest BCUT2D eigenvalue weighted by Crippen LogP contribution is 2.36. The Balaban J connectivity index is 1.98. The second-order valence-corrected chi connectivity index (χ2v) is 4.72. The lowest BCUT2D eigenvalue weighted by molar-refractivity contribution is -0.114. The SMILES string of the molecule is CCc1nc(CN2C(=O)C(=O)c3cccc(Cl)c32)no1. The van der Waals surface area contributed by atoms with Crippen molar-refractivity contribution in [2.75, 3.05) is 4.90 Å². The number of hydrogen-bond donors (Lipinski definition) is 0. The van der Waals surface area contributed by atoms with E-state index in [9.17, 15) is 9.59 Å². The Bertz CT molecular complexity index is 711. The summed E-state index contributed by atoms with van der Waals surface area (Å²) in [6, 6.07) is 4.85. The van der Waals surface area contributed by atoms with Gasteiger partial charge in [-0.2, -0.15) is 4.98 Å². The topological polar surface area (TPSA) is 76.3 Å². The van der Waals surface area contributed by atoms with E-state index in [1.807, 2.05) is 6.92 Å². The molecule has 0 unspecified atom stereocenters. The van der Waals surface area contributed by atoms with E-state index in [0.29, 0.717) is 34.4 Å². The van der Waals surface area contributed by atoms with Gasteiger partial charge in [0, 0.05) is 6.42 Å². The van der Waals surface area contributed by atoms with E-state index < -0.39 is 11.7 Å². The molecule has 0 aliphatic carbocycles. The second kappa shape index (κ2) is 4.72. The van der Waals surface area contributed by atoms with Crippen molar-refractivity contribution in [3.8, 4) is 0 Å². The molecule has 0 spiro atoms. The van der Waals surface area contributed by atoms with Crippen LogP contribution in [0, 0.1) is 0 Å². The lowest BCUT2D eigenvalue weighted by Gasteiger charge is -2.15. The van der Waals surface area contributed by atoms with Gasteiger partial charge in [0.25, 0.3) is 11.7 Å². The quantitative estimate of drug-likeness (QED) is 0.809. The number of amides is 1. The van der Waals surface area contributed by atoms with Crippen LogP contribution in [0.4, 0.5) is 5.69 Å². The lowest BCUT2D eigenvalue weighted by atomic mass is 10.1. The zero-order valence-electron chi connectivity index (χ0n) is 10.6. The number of carbonyl (C=O) groups is 2. The molecule has 6 nitrogen and oxygen atoms in total. The first kappa shape index (κ1) is 12.8. The van der Waals surface area contributed by atoms with E-state index in [1.165, 1.54) is 4.90 Å². The van der Waals surface area contributed by atoms with E-state index in [1.54, 1.807) is 18.2 Å². The van der Waals surface area contributed by atoms with Crippen molar-refractivity contribution in [2.45, 2.75) is 19.9 Å². The summed E-state index contributed by atoms with van der Waals surface area (Å²) >= 11 is 6.08. The average Bonchev–Trinajstić information content (AvgIpc) is 2.99. The Kier molecular flexibility index (Phi) is 3.02. The predicted molar refractivity (Wildman–Crippen MR) is 70.6 cm³/mol. The lowest BCUT2D eigenvalue weighted by Crippen LogP contribution is -2.29. The number of fused-ring (bicyclic) bond motifs is 1. The number of anilines is 1. The van der Waals surface area contributed by atoms with Crippen molar-refractivity contribution in [3.63, 3.8) is 0 Å². The average molecular weight is 292 g/mol. The van der Waals surface area contributed by atoms with E-state index in [2.05, 4.69) is 10.1 Å². The Morgan fingerprint density at radius 1 is 1.35 bits per heavy atom. The minimum Gasteiger partial charge on any atom is -0.339 e. The van der Waals surface area contributed by atoms with Crippen LogP contribution in [-0.4, -0.2) is 21.8 Å². The van der Waals surface area contributed by atoms with Gasteiger partial charge in [0.15, 0.2) is 5.82 Å². The van der Waals surface area contributed by atoms with Gasteiger partial charge in [-0.3, -0.25) is 14.5 Å². The Labute approximate surface area is 119 Å². The molecular weight excluding hydrogens is 282 g/mol. The maximum absolute atomic E-state index is 12.0. The molecule has 0 N–H and O–H groups in total. The molecular formula is C13H10ClN3O3. The number of aromatic nitrogens is 2. The Morgan fingerprint density at radius 3 is 2.85 bits per heavy atom. The maximum Gasteiger partial charge on any atom is 0.299 e. The summed E-state index contributed by atoms with van der Waals surface area (Å²) < 4.78 is 4.99. The fourth-order valence-corrected chi connectivity index (χ4v) is 2.38. The molecule has 7 heteroatoms. The van der Waals surface area contributed by atoms with E-state index in [0.717, 1.165) is 0 Å². The third-order valence-corrected chi connectivity index (χ3v) is 3.36. The first-order valence-corrected chi connectivity index (χ1v) is 6.45. The van der Waals surface area contributed by atoms with Crippen LogP contribution in [0.1, 0.15) is 29.0 Å². The number of carbonyl (C=O) groups excluding carboxylic acids is 2. The van der Waals surface area contributed by atoms with Gasteiger partial charge in [-0.1, -0.05) is 29.7 Å². The van der Waals surface area contributed by atoms with E-state index in [4.69, 9.17) is 16.1 Å². The summed E-state index contributed by atoms with van der Waals surface area (Å²) in [6.07, 6.45) is 0.608. The summed E-state index contributed by atoms with van der Waals surface area (Å²) in [6.45, 7) is 1.94. The molecule has 0 radical (unpaired) electrons. The van der Waals surface area contributed by atoms with Crippen molar-refractivity contribution in [1.29, 1.82) is 0 Å². The molecule has 20 heavy (non-hydrogen) atoms. The van der Waals surface area contributed by atoms with Crippen LogP contribution in [-0.2, 0) is 17.8 Å². The largest absolute Gasteiger partial charge is 0.339 e. The molecule has 1 aliphatic rings. The van der Waals surface area contributed by atoms with Crippen LogP contribution in [0.25, 0.3) is 0 Å². The smallest absolute Gasteiger partial charge is 0.299 e. The highest BCUT2D eigenvalue weighted by atomic mass is 35.5. The Hall–Kier alpha value is -2.21. The minimum atomic E-state index is -0.629. The fourth-order valence-electron chi connectivity index (χ4n) is 2.10. The number of halogens is 1. The van der Waals surface area contributed by atoms with Gasteiger partial charge in [-0.25, -0.2) is 0 Å². The van der Waals surface area contributed by atoms with Crippen LogP contribution in [0.15, 0.2) is 22.7 Å². The highest BCUT2D eigenvalue weighted by molar-refractivity contribution is 6.54. The van der Waals surface area contributed by atoms with Crippen molar-refractivity contribution < 1.29 is 14.1 Å². The molecule has 2 heterocycles. The first-order chi connectivity index (χ1) is 9.61.